The van der Waals surface area contributed by atoms with Crippen molar-refractivity contribution >= 4 is 21.7 Å². The van der Waals surface area contributed by atoms with Crippen molar-refractivity contribution in [1.82, 2.24) is 10.1 Å². The Hall–Kier alpha value is -1.49. The quantitative estimate of drug-likeness (QED) is 0.811. The van der Waals surface area contributed by atoms with Gasteiger partial charge in [-0.15, -0.1) is 0 Å². The number of nitrogens with zero attached hydrogens (tertiary/aromatic N) is 2. The number of aromatic nitrogens is 2. The lowest BCUT2D eigenvalue weighted by molar-refractivity contribution is 0.0972. The fourth-order valence-electron chi connectivity index (χ4n) is 1.28. The topological polar surface area (TPSA) is 56.0 Å². The number of halogens is 1. The van der Waals surface area contributed by atoms with Crippen LogP contribution in [-0.2, 0) is 6.42 Å². The molecule has 0 fully saturated rings. The summed E-state index contributed by atoms with van der Waals surface area (Å²) in [5.41, 5.74) is 1.05. The number of hydrogen-bond donors (Lipinski definition) is 0. The molecule has 0 amide bonds. The van der Waals surface area contributed by atoms with Crippen molar-refractivity contribution in [2.24, 2.45) is 0 Å². The molecule has 0 bridgehead atoms. The van der Waals surface area contributed by atoms with Gasteiger partial charge in [0.2, 0.25) is 5.78 Å². The highest BCUT2D eigenvalue weighted by atomic mass is 79.9. The van der Waals surface area contributed by atoms with Crippen molar-refractivity contribution in [1.29, 1.82) is 0 Å². The molecule has 0 aliphatic carbocycles. The van der Waals surface area contributed by atoms with Gasteiger partial charge in [0.05, 0.1) is 0 Å². The van der Waals surface area contributed by atoms with Crippen LogP contribution in [0.15, 0.2) is 33.3 Å². The highest BCUT2D eigenvalue weighted by Crippen LogP contribution is 2.18. The van der Waals surface area contributed by atoms with Crippen LogP contribution >= 0.6 is 15.9 Å². The number of ketones is 1. The minimum Gasteiger partial charge on any atom is -0.331 e. The Balaban J connectivity index is 2.21. The van der Waals surface area contributed by atoms with E-state index in [0.29, 0.717) is 12.2 Å². The monoisotopic (exact) mass is 280 g/mol. The summed E-state index contributed by atoms with van der Waals surface area (Å²) < 4.78 is 5.80. The van der Waals surface area contributed by atoms with Gasteiger partial charge in [-0.2, -0.15) is 4.98 Å². The summed E-state index contributed by atoms with van der Waals surface area (Å²) >= 11 is 3.44. The molecule has 16 heavy (non-hydrogen) atoms. The summed E-state index contributed by atoms with van der Waals surface area (Å²) in [7, 11) is 0. The predicted octanol–water partition coefficient (Wildman–Crippen LogP) is 2.63. The molecule has 5 heteroatoms. The van der Waals surface area contributed by atoms with E-state index in [1.165, 1.54) is 6.92 Å². The second-order valence-corrected chi connectivity index (χ2v) is 4.19. The zero-order valence-electron chi connectivity index (χ0n) is 8.61. The average molecular weight is 281 g/mol. The smallest absolute Gasteiger partial charge is 0.293 e. The first kappa shape index (κ1) is 11.0. The molecule has 82 valence electrons. The Morgan fingerprint density at radius 1 is 1.44 bits per heavy atom. The Morgan fingerprint density at radius 2 is 2.19 bits per heavy atom. The van der Waals surface area contributed by atoms with Crippen LogP contribution in [0.4, 0.5) is 0 Å². The molecule has 0 aliphatic heterocycles. The first-order valence-corrected chi connectivity index (χ1v) is 5.53. The number of Topliss-reactive ketones (excluding diaryl/α,β-unsaturated/α-hetero) is 1. The molecule has 0 unspecified atom stereocenters. The van der Waals surface area contributed by atoms with Gasteiger partial charge in [-0.3, -0.25) is 4.79 Å². The van der Waals surface area contributed by atoms with Crippen molar-refractivity contribution < 1.29 is 9.32 Å². The van der Waals surface area contributed by atoms with Crippen LogP contribution in [0.25, 0.3) is 0 Å². The largest absolute Gasteiger partial charge is 0.331 e. The van der Waals surface area contributed by atoms with Gasteiger partial charge in [0.25, 0.3) is 5.89 Å². The maximum absolute atomic E-state index is 11.0. The molecule has 1 heterocycles. The molecular weight excluding hydrogens is 272 g/mol. The van der Waals surface area contributed by atoms with Gasteiger partial charge in [0.1, 0.15) is 0 Å². The fourth-order valence-corrected chi connectivity index (χ4v) is 1.71. The number of carbonyl (C=O) groups is 1. The van der Waals surface area contributed by atoms with Crippen molar-refractivity contribution in [2.75, 3.05) is 0 Å². The molecule has 0 saturated carbocycles. The maximum atomic E-state index is 11.0. The molecule has 1 aromatic heterocycles. The summed E-state index contributed by atoms with van der Waals surface area (Å²) in [6.07, 6.45) is 0.540. The van der Waals surface area contributed by atoms with Crippen LogP contribution in [0.5, 0.6) is 0 Å². The van der Waals surface area contributed by atoms with Crippen molar-refractivity contribution in [3.8, 4) is 0 Å². The fraction of sp³-hybridized carbons (Fsp3) is 0.182. The van der Waals surface area contributed by atoms with Crippen molar-refractivity contribution in [2.45, 2.75) is 13.3 Å². The third-order valence-electron chi connectivity index (χ3n) is 2.08. The summed E-state index contributed by atoms with van der Waals surface area (Å²) in [5, 5.41) is 3.75. The number of hydrogen-bond acceptors (Lipinski definition) is 4. The zero-order valence-corrected chi connectivity index (χ0v) is 10.2. The van der Waals surface area contributed by atoms with E-state index < -0.39 is 0 Å². The van der Waals surface area contributed by atoms with E-state index in [0.717, 1.165) is 10.0 Å². The Bertz CT molecular complexity index is 522. The van der Waals surface area contributed by atoms with Crippen LogP contribution in [0.3, 0.4) is 0 Å². The Kier molecular flexibility index (Phi) is 3.14. The molecule has 4 nitrogen and oxygen atoms in total. The van der Waals surface area contributed by atoms with E-state index >= 15 is 0 Å². The van der Waals surface area contributed by atoms with E-state index in [1.807, 2.05) is 24.3 Å². The molecule has 0 N–H and O–H groups in total. The lowest BCUT2D eigenvalue weighted by atomic mass is 10.1. The molecule has 0 saturated heterocycles. The van der Waals surface area contributed by atoms with Crippen LogP contribution < -0.4 is 0 Å². The highest BCUT2D eigenvalue weighted by Gasteiger charge is 2.11. The Morgan fingerprint density at radius 3 is 2.81 bits per heavy atom. The Labute approximate surface area is 101 Å². The van der Waals surface area contributed by atoms with Gasteiger partial charge in [0.15, 0.2) is 5.82 Å². The lowest BCUT2D eigenvalue weighted by Crippen LogP contribution is -1.95. The summed E-state index contributed by atoms with van der Waals surface area (Å²) in [6, 6.07) is 7.78. The van der Waals surface area contributed by atoms with Crippen LogP contribution in [0.2, 0.25) is 0 Å². The van der Waals surface area contributed by atoms with Gasteiger partial charge < -0.3 is 4.52 Å². The molecule has 0 aliphatic rings. The number of rotatable bonds is 3. The summed E-state index contributed by atoms with van der Waals surface area (Å²) in [6.45, 7) is 1.40. The van der Waals surface area contributed by atoms with E-state index in [4.69, 9.17) is 4.52 Å². The van der Waals surface area contributed by atoms with Gasteiger partial charge >= 0.3 is 0 Å². The number of carbonyl (C=O) groups excluding carboxylic acids is 1. The van der Waals surface area contributed by atoms with E-state index in [2.05, 4.69) is 26.1 Å². The van der Waals surface area contributed by atoms with Crippen LogP contribution in [-0.4, -0.2) is 15.9 Å². The summed E-state index contributed by atoms with van der Waals surface area (Å²) in [5.74, 6) is 0.352. The average Bonchev–Trinajstić information content (AvgIpc) is 2.70. The molecule has 0 radical (unpaired) electrons. The first-order chi connectivity index (χ1) is 7.66. The normalized spacial score (nSPS) is 10.4. The molecule has 2 aromatic rings. The minimum atomic E-state index is -0.217. The molecular formula is C11H9BrN2O2. The van der Waals surface area contributed by atoms with E-state index in [-0.39, 0.29) is 11.7 Å². The third kappa shape index (κ3) is 2.36. The molecule has 2 rings (SSSR count). The van der Waals surface area contributed by atoms with E-state index in [1.54, 1.807) is 0 Å². The first-order valence-electron chi connectivity index (χ1n) is 4.74. The predicted molar refractivity (Wildman–Crippen MR) is 61.3 cm³/mol. The zero-order chi connectivity index (χ0) is 11.5. The van der Waals surface area contributed by atoms with Crippen molar-refractivity contribution in [3.05, 3.63) is 46.0 Å². The van der Waals surface area contributed by atoms with Gasteiger partial charge in [-0.25, -0.2) is 0 Å². The second kappa shape index (κ2) is 4.57. The third-order valence-corrected chi connectivity index (χ3v) is 2.85. The molecule has 0 spiro atoms. The molecule has 0 atom stereocenters. The molecule has 1 aromatic carbocycles. The van der Waals surface area contributed by atoms with Gasteiger partial charge in [-0.1, -0.05) is 39.3 Å². The highest BCUT2D eigenvalue weighted by molar-refractivity contribution is 9.10. The number of benzene rings is 1. The minimum absolute atomic E-state index is 0.0575. The van der Waals surface area contributed by atoms with E-state index in [9.17, 15) is 4.79 Å². The van der Waals surface area contributed by atoms with Crippen LogP contribution in [0, 0.1) is 0 Å². The lowest BCUT2D eigenvalue weighted by Gasteiger charge is -1.99. The van der Waals surface area contributed by atoms with Crippen LogP contribution in [0.1, 0.15) is 29.0 Å². The van der Waals surface area contributed by atoms with Gasteiger partial charge in [-0.05, 0) is 11.6 Å². The SMILES string of the molecule is CC(=O)c1nc(Cc2ccccc2Br)no1. The van der Waals surface area contributed by atoms with Gasteiger partial charge in [0, 0.05) is 17.8 Å². The van der Waals surface area contributed by atoms with Crippen molar-refractivity contribution in [3.63, 3.8) is 0 Å². The second-order valence-electron chi connectivity index (χ2n) is 3.34. The summed E-state index contributed by atoms with van der Waals surface area (Å²) in [4.78, 5) is 15.0. The standard InChI is InChI=1S/C11H9BrN2O2/c1-7(15)11-13-10(14-16-11)6-8-4-2-3-5-9(8)12/h2-5H,6H2,1H3. The maximum Gasteiger partial charge on any atom is 0.293 e.